The average Bonchev–Trinajstić information content (AvgIpc) is 2.59. The van der Waals surface area contributed by atoms with Gasteiger partial charge >= 0.3 is 0 Å². The topological polar surface area (TPSA) is 80.8 Å². The Morgan fingerprint density at radius 3 is 3.00 bits per heavy atom. The van der Waals surface area contributed by atoms with Crippen LogP contribution in [0.3, 0.4) is 0 Å². The van der Waals surface area contributed by atoms with Gasteiger partial charge in [-0.15, -0.1) is 0 Å². The Morgan fingerprint density at radius 2 is 2.29 bits per heavy atom. The van der Waals surface area contributed by atoms with Crippen molar-refractivity contribution in [3.63, 3.8) is 0 Å². The minimum atomic E-state index is -0.245. The second-order valence-electron chi connectivity index (χ2n) is 5.63. The zero-order valence-electron chi connectivity index (χ0n) is 13.9. The molecule has 8 heteroatoms. The number of hydrogen-bond acceptors (Lipinski definition) is 6. The zero-order valence-corrected chi connectivity index (χ0v) is 14.8. The number of carbonyl (C=O) groups excluding carboxylic acids is 2. The maximum Gasteiger partial charge on any atom is 0.248 e. The van der Waals surface area contributed by atoms with Crippen LogP contribution >= 0.6 is 11.8 Å². The molecule has 1 aliphatic heterocycles. The van der Waals surface area contributed by atoms with Crippen molar-refractivity contribution in [3.05, 3.63) is 24.4 Å². The summed E-state index contributed by atoms with van der Waals surface area (Å²) in [6.45, 7) is 0.962. The molecule has 1 fully saturated rings. The first-order chi connectivity index (χ1) is 11.6. The Bertz CT molecular complexity index is 541. The van der Waals surface area contributed by atoms with Crippen LogP contribution in [-0.2, 0) is 19.1 Å². The highest BCUT2D eigenvalue weighted by molar-refractivity contribution is 7.99. The predicted octanol–water partition coefficient (Wildman–Crippen LogP) is 0.552. The van der Waals surface area contributed by atoms with Gasteiger partial charge < -0.3 is 19.7 Å². The quantitative estimate of drug-likeness (QED) is 0.721. The van der Waals surface area contributed by atoms with Gasteiger partial charge in [0.25, 0.3) is 0 Å². The normalized spacial score (nSPS) is 20.4. The van der Waals surface area contributed by atoms with E-state index in [1.54, 1.807) is 20.3 Å². The van der Waals surface area contributed by atoms with E-state index in [1.807, 2.05) is 18.2 Å². The number of ether oxygens (including phenoxy) is 2. The zero-order chi connectivity index (χ0) is 17.4. The summed E-state index contributed by atoms with van der Waals surface area (Å²) in [7, 11) is 3.37. The molecule has 2 atom stereocenters. The fourth-order valence-electron chi connectivity index (χ4n) is 2.18. The number of carbonyl (C=O) groups is 2. The van der Waals surface area contributed by atoms with Gasteiger partial charge in [-0.3, -0.25) is 9.59 Å². The average molecular weight is 353 g/mol. The van der Waals surface area contributed by atoms with Gasteiger partial charge in [-0.25, -0.2) is 4.98 Å². The number of nitrogens with zero attached hydrogens (tertiary/aromatic N) is 2. The summed E-state index contributed by atoms with van der Waals surface area (Å²) in [5, 5.41) is 3.73. The molecule has 0 spiro atoms. The van der Waals surface area contributed by atoms with Crippen molar-refractivity contribution in [3.8, 4) is 0 Å². The molecule has 2 heterocycles. The minimum Gasteiger partial charge on any atom is -0.379 e. The molecule has 1 N–H and O–H groups in total. The van der Waals surface area contributed by atoms with Crippen LogP contribution in [-0.4, -0.2) is 73.5 Å². The highest BCUT2D eigenvalue weighted by Crippen LogP contribution is 2.15. The summed E-state index contributed by atoms with van der Waals surface area (Å²) in [5.74, 6) is 0.0719. The number of pyridine rings is 1. The Balaban J connectivity index is 1.79. The lowest BCUT2D eigenvalue weighted by atomic mass is 10.1. The van der Waals surface area contributed by atoms with Crippen LogP contribution in [0.4, 0.5) is 0 Å². The van der Waals surface area contributed by atoms with Crippen molar-refractivity contribution < 1.29 is 19.1 Å². The van der Waals surface area contributed by atoms with Crippen molar-refractivity contribution in [2.45, 2.75) is 23.6 Å². The second kappa shape index (κ2) is 9.61. The van der Waals surface area contributed by atoms with Crippen LogP contribution in [0.5, 0.6) is 0 Å². The van der Waals surface area contributed by atoms with Crippen molar-refractivity contribution in [2.24, 2.45) is 0 Å². The van der Waals surface area contributed by atoms with Crippen molar-refractivity contribution in [1.29, 1.82) is 0 Å². The number of amides is 2. The third kappa shape index (κ3) is 6.10. The highest BCUT2D eigenvalue weighted by Gasteiger charge is 2.28. The van der Waals surface area contributed by atoms with Gasteiger partial charge in [-0.2, -0.15) is 0 Å². The fourth-order valence-corrected chi connectivity index (χ4v) is 2.85. The third-order valence-electron chi connectivity index (χ3n) is 3.55. The number of hydrogen-bond donors (Lipinski definition) is 1. The molecular weight excluding hydrogens is 330 g/mol. The molecular formula is C16H23N3O4S. The summed E-state index contributed by atoms with van der Waals surface area (Å²) in [5.41, 5.74) is 0. The van der Waals surface area contributed by atoms with Crippen molar-refractivity contribution >= 4 is 23.6 Å². The van der Waals surface area contributed by atoms with Gasteiger partial charge in [0.2, 0.25) is 11.8 Å². The lowest BCUT2D eigenvalue weighted by Gasteiger charge is -2.32. The predicted molar refractivity (Wildman–Crippen MR) is 90.8 cm³/mol. The molecule has 0 unspecified atom stereocenters. The highest BCUT2D eigenvalue weighted by atomic mass is 32.2. The first-order valence-corrected chi connectivity index (χ1v) is 8.77. The van der Waals surface area contributed by atoms with E-state index in [1.165, 1.54) is 16.7 Å². The molecule has 1 saturated heterocycles. The molecule has 1 aromatic heterocycles. The first kappa shape index (κ1) is 18.7. The van der Waals surface area contributed by atoms with E-state index in [4.69, 9.17) is 9.47 Å². The van der Waals surface area contributed by atoms with Crippen LogP contribution in [0, 0.1) is 0 Å². The largest absolute Gasteiger partial charge is 0.379 e. The van der Waals surface area contributed by atoms with Gasteiger partial charge in [-0.1, -0.05) is 17.8 Å². The van der Waals surface area contributed by atoms with Crippen LogP contribution in [0.2, 0.25) is 0 Å². The SMILES string of the molecule is CN(C)C(=O)CO[C@@H]1CCOC[C@@H]1NC(=O)CSc1ccccn1. The molecule has 132 valence electrons. The third-order valence-corrected chi connectivity index (χ3v) is 4.49. The molecule has 1 aromatic rings. The van der Waals surface area contributed by atoms with Crippen molar-refractivity contribution in [1.82, 2.24) is 15.2 Å². The second-order valence-corrected chi connectivity index (χ2v) is 6.63. The maximum atomic E-state index is 12.1. The van der Waals surface area contributed by atoms with E-state index in [0.717, 1.165) is 5.03 Å². The van der Waals surface area contributed by atoms with Gasteiger partial charge in [0.1, 0.15) is 6.61 Å². The molecule has 2 amide bonds. The summed E-state index contributed by atoms with van der Waals surface area (Å²) < 4.78 is 11.1. The van der Waals surface area contributed by atoms with Crippen LogP contribution in [0.15, 0.2) is 29.4 Å². The first-order valence-electron chi connectivity index (χ1n) is 7.79. The smallest absolute Gasteiger partial charge is 0.248 e. The van der Waals surface area contributed by atoms with Crippen LogP contribution < -0.4 is 5.32 Å². The molecule has 2 rings (SSSR count). The molecule has 0 radical (unpaired) electrons. The minimum absolute atomic E-state index is 0.00667. The molecule has 1 aliphatic rings. The molecule has 0 aliphatic carbocycles. The van der Waals surface area contributed by atoms with Crippen LogP contribution in [0.1, 0.15) is 6.42 Å². The lowest BCUT2D eigenvalue weighted by molar-refractivity contribution is -0.139. The monoisotopic (exact) mass is 353 g/mol. The van der Waals surface area contributed by atoms with Gasteiger partial charge in [0.05, 0.1) is 29.5 Å². The summed E-state index contributed by atoms with van der Waals surface area (Å²) in [6, 6.07) is 5.33. The number of aromatic nitrogens is 1. The van der Waals surface area contributed by atoms with Gasteiger partial charge in [-0.05, 0) is 18.6 Å². The molecule has 0 bridgehead atoms. The number of likely N-dealkylation sites (N-methyl/N-ethyl adjacent to an activating group) is 1. The van der Waals surface area contributed by atoms with Gasteiger partial charge in [0.15, 0.2) is 0 Å². The number of rotatable bonds is 7. The Morgan fingerprint density at radius 1 is 1.46 bits per heavy atom. The van der Waals surface area contributed by atoms with E-state index in [2.05, 4.69) is 10.3 Å². The van der Waals surface area contributed by atoms with E-state index >= 15 is 0 Å². The maximum absolute atomic E-state index is 12.1. The van der Waals surface area contributed by atoms with Gasteiger partial charge in [0, 0.05) is 26.9 Å². The van der Waals surface area contributed by atoms with Crippen LogP contribution in [0.25, 0.3) is 0 Å². The molecule has 0 saturated carbocycles. The Kier molecular flexibility index (Phi) is 7.48. The number of thioether (sulfide) groups is 1. The molecule has 0 aromatic carbocycles. The standard InChI is InChI=1S/C16H23N3O4S/c1-19(2)16(21)10-23-13-6-8-22-9-12(13)18-14(20)11-24-15-5-3-4-7-17-15/h3-5,7,12-13H,6,8-11H2,1-2H3,(H,18,20)/t12-,13+/m0/s1. The number of nitrogens with one attached hydrogen (secondary N) is 1. The molecule has 24 heavy (non-hydrogen) atoms. The van der Waals surface area contributed by atoms with E-state index < -0.39 is 0 Å². The van der Waals surface area contributed by atoms with Crippen molar-refractivity contribution in [2.75, 3.05) is 39.7 Å². The van der Waals surface area contributed by atoms with E-state index in [0.29, 0.717) is 19.6 Å². The molecule has 7 nitrogen and oxygen atoms in total. The summed E-state index contributed by atoms with van der Waals surface area (Å²) in [6.07, 6.45) is 2.13. The summed E-state index contributed by atoms with van der Waals surface area (Å²) >= 11 is 1.37. The Hall–Kier alpha value is -1.64. The summed E-state index contributed by atoms with van der Waals surface area (Å²) in [4.78, 5) is 29.4. The Labute approximate surface area is 146 Å². The fraction of sp³-hybridized carbons (Fsp3) is 0.562. The van der Waals surface area contributed by atoms with E-state index in [-0.39, 0.29) is 36.3 Å². The van der Waals surface area contributed by atoms with E-state index in [9.17, 15) is 9.59 Å². The lowest BCUT2D eigenvalue weighted by Crippen LogP contribution is -2.51.